The van der Waals surface area contributed by atoms with E-state index >= 15 is 0 Å². The summed E-state index contributed by atoms with van der Waals surface area (Å²) in [6, 6.07) is 5.86. The van der Waals surface area contributed by atoms with Crippen molar-refractivity contribution in [1.82, 2.24) is 4.90 Å². The molecule has 1 fully saturated rings. The zero-order valence-corrected chi connectivity index (χ0v) is 11.5. The van der Waals surface area contributed by atoms with E-state index in [9.17, 15) is 0 Å². The lowest BCUT2D eigenvalue weighted by Gasteiger charge is -2.22. The van der Waals surface area contributed by atoms with Crippen LogP contribution in [0.4, 0.5) is 5.69 Å². The van der Waals surface area contributed by atoms with Gasteiger partial charge < -0.3 is 15.4 Å². The molecule has 0 radical (unpaired) electrons. The molecule has 1 aromatic rings. The van der Waals surface area contributed by atoms with Crippen LogP contribution in [0.25, 0.3) is 0 Å². The van der Waals surface area contributed by atoms with Crippen molar-refractivity contribution >= 4 is 5.69 Å². The molecule has 3 heteroatoms. The molecule has 0 amide bonds. The van der Waals surface area contributed by atoms with Crippen LogP contribution in [0.5, 0.6) is 5.75 Å². The number of hydrogen-bond acceptors (Lipinski definition) is 3. The van der Waals surface area contributed by atoms with E-state index in [4.69, 9.17) is 10.5 Å². The molecule has 0 aromatic heterocycles. The highest BCUT2D eigenvalue weighted by Gasteiger charge is 2.17. The Labute approximate surface area is 110 Å². The third kappa shape index (κ3) is 3.39. The second kappa shape index (κ2) is 6.10. The predicted molar refractivity (Wildman–Crippen MR) is 75.7 cm³/mol. The van der Waals surface area contributed by atoms with Gasteiger partial charge in [-0.25, -0.2) is 0 Å². The number of nitrogens with two attached hydrogens (primary N) is 1. The quantitative estimate of drug-likeness (QED) is 0.814. The fraction of sp³-hybridized carbons (Fsp3) is 0.600. The number of nitrogens with zero attached hydrogens (tertiary/aromatic N) is 1. The van der Waals surface area contributed by atoms with E-state index in [0.717, 1.165) is 23.9 Å². The van der Waals surface area contributed by atoms with Crippen molar-refractivity contribution in [2.24, 2.45) is 5.92 Å². The number of ether oxygens (including phenoxy) is 1. The maximum absolute atomic E-state index is 5.85. The van der Waals surface area contributed by atoms with Gasteiger partial charge in [-0.2, -0.15) is 0 Å². The smallest absolute Gasteiger partial charge is 0.123 e. The molecule has 2 rings (SSSR count). The minimum atomic E-state index is 0.806. The van der Waals surface area contributed by atoms with Crippen LogP contribution in [0.15, 0.2) is 18.2 Å². The summed E-state index contributed by atoms with van der Waals surface area (Å²) in [5.41, 5.74) is 7.83. The number of methoxy groups -OCH3 is 1. The number of benzene rings is 1. The average molecular weight is 248 g/mol. The summed E-state index contributed by atoms with van der Waals surface area (Å²) >= 11 is 0. The van der Waals surface area contributed by atoms with Crippen molar-refractivity contribution in [3.8, 4) is 5.75 Å². The Balaban J connectivity index is 1.96. The first kappa shape index (κ1) is 13.2. The van der Waals surface area contributed by atoms with Gasteiger partial charge in [-0.1, -0.05) is 12.8 Å². The molecule has 0 saturated heterocycles. The SMILES string of the molecule is COc1ccc(N)cc1CN(C)CC1CCCC1. The highest BCUT2D eigenvalue weighted by atomic mass is 16.5. The Morgan fingerprint density at radius 2 is 2.06 bits per heavy atom. The summed E-state index contributed by atoms with van der Waals surface area (Å²) in [6.45, 7) is 2.09. The fourth-order valence-electron chi connectivity index (χ4n) is 2.91. The van der Waals surface area contributed by atoms with Crippen LogP contribution in [0, 0.1) is 5.92 Å². The first-order valence-electron chi connectivity index (χ1n) is 6.80. The predicted octanol–water partition coefficient (Wildman–Crippen LogP) is 2.90. The number of rotatable bonds is 5. The number of anilines is 1. The molecule has 0 heterocycles. The molecule has 1 aromatic carbocycles. The topological polar surface area (TPSA) is 38.5 Å². The van der Waals surface area contributed by atoms with E-state index in [0.29, 0.717) is 0 Å². The Morgan fingerprint density at radius 1 is 1.33 bits per heavy atom. The Morgan fingerprint density at radius 3 is 2.72 bits per heavy atom. The van der Waals surface area contributed by atoms with Gasteiger partial charge in [-0.3, -0.25) is 0 Å². The number of hydrogen-bond donors (Lipinski definition) is 1. The minimum Gasteiger partial charge on any atom is -0.496 e. The van der Waals surface area contributed by atoms with Gasteiger partial charge in [0.05, 0.1) is 7.11 Å². The van der Waals surface area contributed by atoms with Crippen molar-refractivity contribution in [2.45, 2.75) is 32.2 Å². The molecule has 1 aliphatic rings. The largest absolute Gasteiger partial charge is 0.496 e. The molecule has 0 bridgehead atoms. The van der Waals surface area contributed by atoms with Crippen LogP contribution in [-0.4, -0.2) is 25.6 Å². The monoisotopic (exact) mass is 248 g/mol. The molecule has 18 heavy (non-hydrogen) atoms. The Kier molecular flexibility index (Phi) is 4.48. The van der Waals surface area contributed by atoms with Crippen LogP contribution in [0.3, 0.4) is 0 Å². The van der Waals surface area contributed by atoms with Crippen molar-refractivity contribution in [3.05, 3.63) is 23.8 Å². The normalized spacial score (nSPS) is 16.4. The standard InChI is InChI=1S/C15H24N2O/c1-17(10-12-5-3-4-6-12)11-13-9-14(16)7-8-15(13)18-2/h7-9,12H,3-6,10-11,16H2,1-2H3. The van der Waals surface area contributed by atoms with Crippen molar-refractivity contribution in [2.75, 3.05) is 26.4 Å². The Hall–Kier alpha value is -1.22. The van der Waals surface area contributed by atoms with Crippen molar-refractivity contribution < 1.29 is 4.74 Å². The van der Waals surface area contributed by atoms with E-state index in [2.05, 4.69) is 11.9 Å². The van der Waals surface area contributed by atoms with Crippen LogP contribution in [0.2, 0.25) is 0 Å². The average Bonchev–Trinajstić information content (AvgIpc) is 2.82. The first-order chi connectivity index (χ1) is 8.69. The Bertz CT molecular complexity index is 386. The molecule has 3 nitrogen and oxygen atoms in total. The lowest BCUT2D eigenvalue weighted by molar-refractivity contribution is 0.267. The van der Waals surface area contributed by atoms with E-state index in [1.807, 2.05) is 18.2 Å². The zero-order valence-electron chi connectivity index (χ0n) is 11.5. The first-order valence-corrected chi connectivity index (χ1v) is 6.80. The molecular weight excluding hydrogens is 224 g/mol. The summed E-state index contributed by atoms with van der Waals surface area (Å²) in [7, 11) is 3.90. The minimum absolute atomic E-state index is 0.806. The second-order valence-electron chi connectivity index (χ2n) is 5.42. The number of nitrogen functional groups attached to an aromatic ring is 1. The van der Waals surface area contributed by atoms with Crippen molar-refractivity contribution in [3.63, 3.8) is 0 Å². The maximum atomic E-state index is 5.85. The summed E-state index contributed by atoms with van der Waals surface area (Å²) in [5, 5.41) is 0. The van der Waals surface area contributed by atoms with E-state index < -0.39 is 0 Å². The molecular formula is C15H24N2O. The van der Waals surface area contributed by atoms with Crippen LogP contribution < -0.4 is 10.5 Å². The highest BCUT2D eigenvalue weighted by Crippen LogP contribution is 2.27. The van der Waals surface area contributed by atoms with Crippen LogP contribution >= 0.6 is 0 Å². The molecule has 0 spiro atoms. The summed E-state index contributed by atoms with van der Waals surface area (Å²) in [5.74, 6) is 1.81. The maximum Gasteiger partial charge on any atom is 0.123 e. The molecule has 1 saturated carbocycles. The lowest BCUT2D eigenvalue weighted by Crippen LogP contribution is -2.24. The second-order valence-corrected chi connectivity index (χ2v) is 5.42. The lowest BCUT2D eigenvalue weighted by atomic mass is 10.1. The van der Waals surface area contributed by atoms with Gasteiger partial charge in [-0.05, 0) is 44.0 Å². The van der Waals surface area contributed by atoms with Gasteiger partial charge in [0.25, 0.3) is 0 Å². The third-order valence-electron chi connectivity index (χ3n) is 3.79. The third-order valence-corrected chi connectivity index (χ3v) is 3.79. The van der Waals surface area contributed by atoms with Crippen LogP contribution in [0.1, 0.15) is 31.2 Å². The van der Waals surface area contributed by atoms with Crippen molar-refractivity contribution in [1.29, 1.82) is 0 Å². The summed E-state index contributed by atoms with van der Waals surface area (Å²) in [4.78, 5) is 2.38. The van der Waals surface area contributed by atoms with Gasteiger partial charge in [0.1, 0.15) is 5.75 Å². The molecule has 100 valence electrons. The molecule has 1 aliphatic carbocycles. The molecule has 0 atom stereocenters. The van der Waals surface area contributed by atoms with E-state index in [1.54, 1.807) is 7.11 Å². The summed E-state index contributed by atoms with van der Waals surface area (Å²) < 4.78 is 5.39. The van der Waals surface area contributed by atoms with Gasteiger partial charge in [0.2, 0.25) is 0 Å². The fourth-order valence-corrected chi connectivity index (χ4v) is 2.91. The van der Waals surface area contributed by atoms with Gasteiger partial charge in [0, 0.05) is 24.3 Å². The highest BCUT2D eigenvalue weighted by molar-refractivity contribution is 5.47. The van der Waals surface area contributed by atoms with E-state index in [1.165, 1.54) is 37.8 Å². The van der Waals surface area contributed by atoms with Crippen LogP contribution in [-0.2, 0) is 6.54 Å². The van der Waals surface area contributed by atoms with Gasteiger partial charge in [0.15, 0.2) is 0 Å². The van der Waals surface area contributed by atoms with Gasteiger partial charge in [-0.15, -0.1) is 0 Å². The van der Waals surface area contributed by atoms with E-state index in [-0.39, 0.29) is 0 Å². The van der Waals surface area contributed by atoms with Gasteiger partial charge >= 0.3 is 0 Å². The molecule has 0 aliphatic heterocycles. The zero-order chi connectivity index (χ0) is 13.0. The summed E-state index contributed by atoms with van der Waals surface area (Å²) in [6.07, 6.45) is 5.58. The molecule has 2 N–H and O–H groups in total. The molecule has 0 unspecified atom stereocenters.